The van der Waals surface area contributed by atoms with Crippen LogP contribution >= 0.6 is 0 Å². The fourth-order valence-electron chi connectivity index (χ4n) is 3.84. The summed E-state index contributed by atoms with van der Waals surface area (Å²) in [6.07, 6.45) is 4.37. The maximum absolute atomic E-state index is 13.5. The van der Waals surface area contributed by atoms with Gasteiger partial charge < -0.3 is 13.7 Å². The van der Waals surface area contributed by atoms with Crippen molar-refractivity contribution < 1.29 is 31.3 Å². The molecule has 0 radical (unpaired) electrons. The Bertz CT molecular complexity index is 1390. The van der Waals surface area contributed by atoms with Gasteiger partial charge in [0.1, 0.15) is 11.6 Å². The molecule has 36 heavy (non-hydrogen) atoms. The minimum atomic E-state index is -3.83. The summed E-state index contributed by atoms with van der Waals surface area (Å²) in [7, 11) is -2.34. The van der Waals surface area contributed by atoms with Gasteiger partial charge in [0.25, 0.3) is 0 Å². The molecule has 0 aromatic heterocycles. The van der Waals surface area contributed by atoms with Gasteiger partial charge in [-0.15, -0.1) is 0 Å². The third kappa shape index (κ3) is 6.51. The molecule has 0 saturated carbocycles. The smallest absolute Gasteiger partial charge is 0.306 e. The average Bonchev–Trinajstić information content (AvgIpc) is 2.81. The van der Waals surface area contributed by atoms with Crippen LogP contribution in [0, 0.1) is 12.7 Å². The zero-order chi connectivity index (χ0) is 26.5. The second-order valence-electron chi connectivity index (χ2n) is 8.53. The third-order valence-corrected chi connectivity index (χ3v) is 5.98. The molecule has 6 nitrogen and oxygen atoms in total. The molecule has 0 unspecified atom stereocenters. The predicted octanol–water partition coefficient (Wildman–Crippen LogP) is 6.36. The van der Waals surface area contributed by atoms with Crippen molar-refractivity contribution in [3.63, 3.8) is 0 Å². The minimum absolute atomic E-state index is 0.0424. The third-order valence-electron chi connectivity index (χ3n) is 5.49. The van der Waals surface area contributed by atoms with Crippen molar-refractivity contribution in [2.75, 3.05) is 20.0 Å². The molecule has 0 aliphatic heterocycles. The van der Waals surface area contributed by atoms with E-state index in [4.69, 9.17) is 13.7 Å². The topological polar surface area (TPSA) is 78.9 Å². The molecule has 0 aliphatic carbocycles. The Balaban J connectivity index is 2.12. The van der Waals surface area contributed by atoms with Crippen LogP contribution < -0.4 is 13.7 Å². The highest BCUT2D eigenvalue weighted by atomic mass is 32.2. The molecule has 190 valence electrons. The number of allylic oxidation sites excluding steroid dienone is 1. The highest BCUT2D eigenvalue weighted by Crippen LogP contribution is 2.42. The molecule has 3 aromatic carbocycles. The maximum atomic E-state index is 13.5. The summed E-state index contributed by atoms with van der Waals surface area (Å²) in [4.78, 5) is 12.2. The van der Waals surface area contributed by atoms with Crippen LogP contribution in [0.4, 0.5) is 4.39 Å². The number of rotatable bonds is 10. The molecular formula is C28H29FO6S. The lowest BCUT2D eigenvalue weighted by molar-refractivity contribution is 0.112. The first kappa shape index (κ1) is 26.9. The Morgan fingerprint density at radius 2 is 1.64 bits per heavy atom. The lowest BCUT2D eigenvalue weighted by atomic mass is 9.89. The summed E-state index contributed by atoms with van der Waals surface area (Å²) in [6.45, 7) is 6.10. The van der Waals surface area contributed by atoms with Gasteiger partial charge in [-0.2, -0.15) is 8.42 Å². The minimum Gasteiger partial charge on any atom is -0.496 e. The molecule has 0 bridgehead atoms. The first-order chi connectivity index (χ1) is 17.0. The number of carbonyl (C=O) groups is 1. The Hall–Kier alpha value is -3.65. The molecule has 0 aliphatic rings. The second-order valence-corrected chi connectivity index (χ2v) is 10.1. The van der Waals surface area contributed by atoms with E-state index < -0.39 is 10.1 Å². The molecule has 8 heteroatoms. The molecule has 0 fully saturated rings. The number of hydrogen-bond acceptors (Lipinski definition) is 6. The summed E-state index contributed by atoms with van der Waals surface area (Å²) < 4.78 is 54.0. The molecule has 0 saturated heterocycles. The van der Waals surface area contributed by atoms with Crippen molar-refractivity contribution in [2.24, 2.45) is 0 Å². The number of aldehydes is 1. The summed E-state index contributed by atoms with van der Waals surface area (Å²) in [5.41, 5.74) is 4.60. The highest BCUT2D eigenvalue weighted by Gasteiger charge is 2.20. The van der Waals surface area contributed by atoms with Gasteiger partial charge in [-0.1, -0.05) is 29.8 Å². The largest absolute Gasteiger partial charge is 0.496 e. The predicted molar refractivity (Wildman–Crippen MR) is 139 cm³/mol. The summed E-state index contributed by atoms with van der Waals surface area (Å²) >= 11 is 0. The van der Waals surface area contributed by atoms with Crippen LogP contribution in [0.3, 0.4) is 0 Å². The fraction of sp³-hybridized carbons (Fsp3) is 0.250. The lowest BCUT2D eigenvalue weighted by Gasteiger charge is -2.19. The molecular weight excluding hydrogens is 483 g/mol. The SMILES string of the molecule is COc1cc(-c2ccc(OCCC=C(C)C)c(OS(C)(=O)=O)c2)c(C)c(C=O)c1-c1ccc(F)cc1. The average molecular weight is 513 g/mol. The van der Waals surface area contributed by atoms with Crippen LogP contribution in [0.2, 0.25) is 0 Å². The van der Waals surface area contributed by atoms with Gasteiger partial charge in [0, 0.05) is 11.1 Å². The number of methoxy groups -OCH3 is 1. The monoisotopic (exact) mass is 512 g/mol. The van der Waals surface area contributed by atoms with Crippen molar-refractivity contribution in [2.45, 2.75) is 27.2 Å². The Kier molecular flexibility index (Phi) is 8.53. The van der Waals surface area contributed by atoms with Crippen molar-refractivity contribution >= 4 is 16.4 Å². The van der Waals surface area contributed by atoms with E-state index in [0.717, 1.165) is 18.1 Å². The standard InChI is InChI=1S/C28H29FO6S/c1-18(2)7-6-14-34-25-13-10-21(15-26(25)35-36(5,31)32)23-16-27(33-4)28(24(17-30)19(23)3)20-8-11-22(29)12-9-20/h7-13,15-17H,6,14H2,1-5H3. The van der Waals surface area contributed by atoms with Crippen LogP contribution in [0.15, 0.2) is 60.2 Å². The van der Waals surface area contributed by atoms with Gasteiger partial charge in [-0.3, -0.25) is 4.79 Å². The van der Waals surface area contributed by atoms with Gasteiger partial charge in [0.05, 0.1) is 20.0 Å². The maximum Gasteiger partial charge on any atom is 0.306 e. The van der Waals surface area contributed by atoms with Crippen molar-refractivity contribution in [1.29, 1.82) is 0 Å². The van der Waals surface area contributed by atoms with E-state index in [0.29, 0.717) is 52.2 Å². The normalized spacial score (nSPS) is 11.1. The number of hydrogen-bond donors (Lipinski definition) is 0. The molecule has 0 amide bonds. The Morgan fingerprint density at radius 1 is 0.972 bits per heavy atom. The molecule has 3 aromatic rings. The number of carbonyl (C=O) groups excluding carboxylic acids is 1. The van der Waals surface area contributed by atoms with Crippen LogP contribution in [-0.4, -0.2) is 34.7 Å². The van der Waals surface area contributed by atoms with E-state index in [1.165, 1.54) is 19.2 Å². The summed E-state index contributed by atoms with van der Waals surface area (Å²) in [5.74, 6) is 0.354. The first-order valence-corrected chi connectivity index (χ1v) is 13.1. The molecule has 0 spiro atoms. The van der Waals surface area contributed by atoms with Gasteiger partial charge >= 0.3 is 10.1 Å². The van der Waals surface area contributed by atoms with Gasteiger partial charge in [0.2, 0.25) is 0 Å². The molecule has 0 heterocycles. The van der Waals surface area contributed by atoms with Crippen LogP contribution in [0.25, 0.3) is 22.3 Å². The molecule has 0 N–H and O–H groups in total. The first-order valence-electron chi connectivity index (χ1n) is 11.3. The van der Waals surface area contributed by atoms with Gasteiger partial charge in [0.15, 0.2) is 17.8 Å². The zero-order valence-electron chi connectivity index (χ0n) is 20.9. The number of benzene rings is 3. The summed E-state index contributed by atoms with van der Waals surface area (Å²) in [5, 5.41) is 0. The highest BCUT2D eigenvalue weighted by molar-refractivity contribution is 7.86. The second kappa shape index (κ2) is 11.4. The molecule has 3 rings (SSSR count). The zero-order valence-corrected chi connectivity index (χ0v) is 21.7. The number of ether oxygens (including phenoxy) is 2. The molecule has 0 atom stereocenters. The van der Waals surface area contributed by atoms with E-state index in [2.05, 4.69) is 0 Å². The Labute approximate surface area is 211 Å². The van der Waals surface area contributed by atoms with Crippen LogP contribution in [-0.2, 0) is 10.1 Å². The van der Waals surface area contributed by atoms with E-state index in [-0.39, 0.29) is 17.3 Å². The van der Waals surface area contributed by atoms with E-state index in [1.54, 1.807) is 43.3 Å². The van der Waals surface area contributed by atoms with Crippen LogP contribution in [0.5, 0.6) is 17.2 Å². The van der Waals surface area contributed by atoms with E-state index in [9.17, 15) is 17.6 Å². The van der Waals surface area contributed by atoms with Gasteiger partial charge in [-0.25, -0.2) is 4.39 Å². The van der Waals surface area contributed by atoms with Crippen LogP contribution in [0.1, 0.15) is 36.2 Å². The van der Waals surface area contributed by atoms with Gasteiger partial charge in [-0.05, 0) is 79.8 Å². The quantitative estimate of drug-likeness (QED) is 0.136. The van der Waals surface area contributed by atoms with Crippen molar-refractivity contribution in [1.82, 2.24) is 0 Å². The number of halogens is 1. The Morgan fingerprint density at radius 3 is 2.22 bits per heavy atom. The fourth-order valence-corrected chi connectivity index (χ4v) is 4.30. The van der Waals surface area contributed by atoms with E-state index >= 15 is 0 Å². The summed E-state index contributed by atoms with van der Waals surface area (Å²) in [6, 6.07) is 12.5. The van der Waals surface area contributed by atoms with Crippen molar-refractivity contribution in [3.05, 3.63) is 77.1 Å². The lowest BCUT2D eigenvalue weighted by Crippen LogP contribution is -2.08. The van der Waals surface area contributed by atoms with E-state index in [1.807, 2.05) is 19.9 Å². The van der Waals surface area contributed by atoms with Crippen molar-refractivity contribution in [3.8, 4) is 39.5 Å².